The Balaban J connectivity index is 1.72. The monoisotopic (exact) mass is 507 g/mol. The molecule has 3 aromatic rings. The summed E-state index contributed by atoms with van der Waals surface area (Å²) in [6, 6.07) is 8.67. The van der Waals surface area contributed by atoms with E-state index in [4.69, 9.17) is 21.1 Å². The molecular weight excluding hydrogens is 484 g/mol. The van der Waals surface area contributed by atoms with Crippen LogP contribution in [0.4, 0.5) is 10.2 Å². The number of ether oxygens (including phenoxy) is 1. The van der Waals surface area contributed by atoms with Crippen molar-refractivity contribution in [1.29, 1.82) is 0 Å². The number of rotatable bonds is 8. The Kier molecular flexibility index (Phi) is 7.17. The molecule has 2 N–H and O–H groups in total. The first-order valence-corrected chi connectivity index (χ1v) is 13.4. The number of anilines is 1. The molecule has 1 saturated heterocycles. The van der Waals surface area contributed by atoms with Crippen LogP contribution in [0.1, 0.15) is 16.6 Å². The van der Waals surface area contributed by atoms with E-state index in [0.717, 1.165) is 0 Å². The fourth-order valence-corrected chi connectivity index (χ4v) is 4.77. The molecule has 0 spiro atoms. The molecular formula is C21H23FN5O5PS. The molecule has 0 saturated carbocycles. The highest BCUT2D eigenvalue weighted by Gasteiger charge is 2.48. The summed E-state index contributed by atoms with van der Waals surface area (Å²) >= 11 is 4.88. The number of benzene rings is 1. The molecule has 1 fully saturated rings. The Labute approximate surface area is 199 Å². The van der Waals surface area contributed by atoms with Gasteiger partial charge in [0.1, 0.15) is 18.5 Å². The lowest BCUT2D eigenvalue weighted by molar-refractivity contribution is -0.0433. The van der Waals surface area contributed by atoms with Gasteiger partial charge in [0.05, 0.1) is 12.9 Å². The smallest absolute Gasteiger partial charge is 0.259 e. The first-order valence-electron chi connectivity index (χ1n) is 10.3. The molecule has 1 aromatic carbocycles. The van der Waals surface area contributed by atoms with Gasteiger partial charge in [-0.1, -0.05) is 24.3 Å². The molecule has 10 nitrogen and oxygen atoms in total. The number of imidazole rings is 1. The zero-order chi connectivity index (χ0) is 24.5. The second kappa shape index (κ2) is 9.95. The highest BCUT2D eigenvalue weighted by atomic mass is 32.5. The maximum absolute atomic E-state index is 15.4. The minimum atomic E-state index is -3.23. The van der Waals surface area contributed by atoms with E-state index in [9.17, 15) is 14.8 Å². The van der Waals surface area contributed by atoms with Crippen molar-refractivity contribution in [2.45, 2.75) is 24.6 Å². The molecule has 1 aliphatic heterocycles. The van der Waals surface area contributed by atoms with Gasteiger partial charge in [-0.2, -0.15) is 0 Å². The molecule has 0 aliphatic carbocycles. The molecule has 13 heteroatoms. The molecule has 2 unspecified atom stereocenters. The van der Waals surface area contributed by atoms with Crippen molar-refractivity contribution in [3.05, 3.63) is 61.2 Å². The standard InChI is InChI=1S/C21H23FN5O5PS/c1-3-9-26(20(29)13-7-5-4-6-8-13)18-16-19(24-11-23-18)27(12-25-16)21-15(22)17(14(10-28)31-21)32-33(2,30)34/h3-8,11-12,14-15,17,21,28H,1,9-10H2,2H3,(H,30,34)/t14-,15-,17-,21?,33?/m1/s1. The largest absolute Gasteiger partial charge is 0.394 e. The van der Waals surface area contributed by atoms with Crippen LogP contribution in [0.2, 0.25) is 0 Å². The molecule has 4 rings (SSSR count). The van der Waals surface area contributed by atoms with Crippen molar-refractivity contribution in [3.8, 4) is 0 Å². The number of aliphatic hydroxyl groups is 1. The number of carbonyl (C=O) groups excluding carboxylic acids is 1. The minimum absolute atomic E-state index is 0.151. The lowest BCUT2D eigenvalue weighted by Crippen LogP contribution is -2.33. The summed E-state index contributed by atoms with van der Waals surface area (Å²) in [7, 11) is 0. The van der Waals surface area contributed by atoms with Gasteiger partial charge >= 0.3 is 0 Å². The number of amides is 1. The minimum Gasteiger partial charge on any atom is -0.394 e. The zero-order valence-electron chi connectivity index (χ0n) is 18.1. The number of nitrogens with zero attached hydrogens (tertiary/aromatic N) is 5. The third kappa shape index (κ3) is 4.78. The van der Waals surface area contributed by atoms with Crippen molar-refractivity contribution >= 4 is 41.2 Å². The average Bonchev–Trinajstić information content (AvgIpc) is 3.37. The highest BCUT2D eigenvalue weighted by molar-refractivity contribution is 8.09. The number of alkyl halides is 1. The van der Waals surface area contributed by atoms with E-state index in [-0.39, 0.29) is 29.4 Å². The Morgan fingerprint density at radius 1 is 1.38 bits per heavy atom. The predicted molar refractivity (Wildman–Crippen MR) is 127 cm³/mol. The van der Waals surface area contributed by atoms with Crippen molar-refractivity contribution in [3.63, 3.8) is 0 Å². The number of halogens is 1. The second-order valence-corrected chi connectivity index (χ2v) is 11.5. The van der Waals surface area contributed by atoms with Crippen LogP contribution >= 0.6 is 6.49 Å². The van der Waals surface area contributed by atoms with Crippen LogP contribution in [0.5, 0.6) is 0 Å². The van der Waals surface area contributed by atoms with Gasteiger partial charge in [-0.15, -0.1) is 6.58 Å². The molecule has 0 radical (unpaired) electrons. The van der Waals surface area contributed by atoms with Crippen molar-refractivity contribution < 1.29 is 28.4 Å². The maximum Gasteiger partial charge on any atom is 0.259 e. The molecule has 1 aliphatic rings. The average molecular weight is 507 g/mol. The van der Waals surface area contributed by atoms with Crippen LogP contribution in [0, 0.1) is 0 Å². The summed E-state index contributed by atoms with van der Waals surface area (Å²) < 4.78 is 27.7. The number of carbonyl (C=O) groups is 1. The quantitative estimate of drug-likeness (QED) is 0.349. The van der Waals surface area contributed by atoms with Gasteiger partial charge in [0.2, 0.25) is 0 Å². The fourth-order valence-electron chi connectivity index (χ4n) is 3.77. The van der Waals surface area contributed by atoms with Gasteiger partial charge in [-0.25, -0.2) is 19.3 Å². The Morgan fingerprint density at radius 3 is 2.76 bits per heavy atom. The van der Waals surface area contributed by atoms with Crippen LogP contribution in [0.25, 0.3) is 11.2 Å². The third-order valence-electron chi connectivity index (χ3n) is 5.21. The lowest BCUT2D eigenvalue weighted by atomic mass is 10.1. The van der Waals surface area contributed by atoms with Crippen LogP contribution < -0.4 is 4.90 Å². The summed E-state index contributed by atoms with van der Waals surface area (Å²) in [6.45, 7) is 1.40. The summed E-state index contributed by atoms with van der Waals surface area (Å²) in [5, 5.41) is 9.65. The van der Waals surface area contributed by atoms with E-state index in [1.54, 1.807) is 36.4 Å². The zero-order valence-corrected chi connectivity index (χ0v) is 19.8. The lowest BCUT2D eigenvalue weighted by Gasteiger charge is -2.21. The predicted octanol–water partition coefficient (Wildman–Crippen LogP) is 2.20. The number of hydrogen-bond donors (Lipinski definition) is 2. The normalized spacial score (nSPS) is 24.1. The topological polar surface area (TPSA) is 123 Å². The van der Waals surface area contributed by atoms with E-state index >= 15 is 4.39 Å². The van der Waals surface area contributed by atoms with Gasteiger partial charge in [0.15, 0.2) is 35.9 Å². The van der Waals surface area contributed by atoms with E-state index in [1.165, 1.54) is 28.8 Å². The fraction of sp³-hybridized carbons (Fsp3) is 0.333. The molecule has 180 valence electrons. The Morgan fingerprint density at radius 2 is 2.12 bits per heavy atom. The third-order valence-corrected chi connectivity index (χ3v) is 6.10. The van der Waals surface area contributed by atoms with Crippen LogP contribution in [0.15, 0.2) is 55.6 Å². The van der Waals surface area contributed by atoms with Gasteiger partial charge in [0.25, 0.3) is 5.91 Å². The summed E-state index contributed by atoms with van der Waals surface area (Å²) in [6.07, 6.45) is -1.25. The van der Waals surface area contributed by atoms with E-state index in [1.807, 2.05) is 0 Å². The molecule has 3 heterocycles. The molecule has 1 amide bonds. The number of aliphatic hydroxyl groups excluding tert-OH is 1. The maximum atomic E-state index is 15.4. The van der Waals surface area contributed by atoms with Gasteiger partial charge in [-0.05, 0) is 23.9 Å². The number of fused-ring (bicyclic) bond motifs is 1. The van der Waals surface area contributed by atoms with E-state index < -0.39 is 37.7 Å². The summed E-state index contributed by atoms with van der Waals surface area (Å²) in [4.78, 5) is 37.3. The molecule has 5 atom stereocenters. The Hall–Kier alpha value is -2.60. The van der Waals surface area contributed by atoms with Gasteiger partial charge < -0.3 is 19.3 Å². The SMILES string of the molecule is C=CCN(C(=O)c1ccccc1)c1ncnc2c1ncn2C1O[C@H](CO)[C@@H](OP(C)(O)=S)[C@H]1F. The number of hydrogen-bond acceptors (Lipinski definition) is 8. The second-order valence-electron chi connectivity index (χ2n) is 7.66. The highest BCUT2D eigenvalue weighted by Crippen LogP contribution is 2.45. The van der Waals surface area contributed by atoms with Gasteiger partial charge in [0, 0.05) is 18.8 Å². The molecule has 34 heavy (non-hydrogen) atoms. The van der Waals surface area contributed by atoms with E-state index in [2.05, 4.69) is 21.5 Å². The van der Waals surface area contributed by atoms with Crippen molar-refractivity contribution in [2.75, 3.05) is 24.7 Å². The van der Waals surface area contributed by atoms with Crippen molar-refractivity contribution in [2.24, 2.45) is 0 Å². The molecule has 2 aromatic heterocycles. The van der Waals surface area contributed by atoms with Crippen LogP contribution in [0.3, 0.4) is 0 Å². The van der Waals surface area contributed by atoms with Crippen LogP contribution in [-0.4, -0.2) is 73.6 Å². The summed E-state index contributed by atoms with van der Waals surface area (Å²) in [5.41, 5.74) is 0.908. The Bertz CT molecular complexity index is 1240. The first-order chi connectivity index (χ1) is 16.2. The van der Waals surface area contributed by atoms with Crippen molar-refractivity contribution in [1.82, 2.24) is 19.5 Å². The van der Waals surface area contributed by atoms with E-state index in [0.29, 0.717) is 5.56 Å². The van der Waals surface area contributed by atoms with Crippen LogP contribution in [-0.2, 0) is 21.1 Å². The molecule has 0 bridgehead atoms. The summed E-state index contributed by atoms with van der Waals surface area (Å²) in [5.74, 6) is -0.0992. The number of aromatic nitrogens is 4. The van der Waals surface area contributed by atoms with Gasteiger partial charge in [-0.3, -0.25) is 14.3 Å². The first kappa shape index (κ1) is 24.5.